The van der Waals surface area contributed by atoms with E-state index >= 15 is 0 Å². The topological polar surface area (TPSA) is 91.6 Å². The number of carbonyl (C=O) groups excluding carboxylic acids is 1. The van der Waals surface area contributed by atoms with Crippen LogP contribution in [0.2, 0.25) is 0 Å². The van der Waals surface area contributed by atoms with Crippen LogP contribution in [0.15, 0.2) is 72.8 Å². The lowest BCUT2D eigenvalue weighted by molar-refractivity contribution is -0.384. The van der Waals surface area contributed by atoms with Crippen LogP contribution in [0.4, 0.5) is 5.69 Å². The Balaban J connectivity index is 1.94. The molecule has 1 heterocycles. The molecule has 0 bridgehead atoms. The predicted molar refractivity (Wildman–Crippen MR) is 121 cm³/mol. The quantitative estimate of drug-likeness (QED) is 0.229. The van der Waals surface area contributed by atoms with Crippen molar-refractivity contribution in [3.8, 4) is 16.9 Å². The SMILES string of the molecule is COC(=O)c1cc(-c2cccc([N+](=O)[O-])c2)c2ccc(C)nc2c1OCc1ccccc1. The number of carbonyl (C=O) groups is 1. The summed E-state index contributed by atoms with van der Waals surface area (Å²) in [5.41, 5.74) is 3.56. The van der Waals surface area contributed by atoms with E-state index in [1.807, 2.05) is 49.4 Å². The minimum Gasteiger partial charge on any atom is -0.486 e. The van der Waals surface area contributed by atoms with Crippen molar-refractivity contribution in [2.45, 2.75) is 13.5 Å². The summed E-state index contributed by atoms with van der Waals surface area (Å²) in [6, 6.07) is 21.2. The smallest absolute Gasteiger partial charge is 0.341 e. The summed E-state index contributed by atoms with van der Waals surface area (Å²) in [6.45, 7) is 2.09. The number of nitro benzene ring substituents is 1. The third-order valence-corrected chi connectivity index (χ3v) is 5.07. The van der Waals surface area contributed by atoms with Crippen LogP contribution < -0.4 is 4.74 Å². The molecule has 3 aromatic carbocycles. The average Bonchev–Trinajstić information content (AvgIpc) is 2.82. The fraction of sp³-hybridized carbons (Fsp3) is 0.120. The van der Waals surface area contributed by atoms with Gasteiger partial charge in [-0.2, -0.15) is 0 Å². The van der Waals surface area contributed by atoms with Gasteiger partial charge >= 0.3 is 5.97 Å². The van der Waals surface area contributed by atoms with Crippen molar-refractivity contribution < 1.29 is 19.2 Å². The minimum atomic E-state index is -0.579. The fourth-order valence-electron chi connectivity index (χ4n) is 3.53. The molecule has 0 N–H and O–H groups in total. The zero-order chi connectivity index (χ0) is 22.7. The largest absolute Gasteiger partial charge is 0.486 e. The van der Waals surface area contributed by atoms with E-state index in [2.05, 4.69) is 4.98 Å². The normalized spacial score (nSPS) is 10.7. The van der Waals surface area contributed by atoms with Gasteiger partial charge in [-0.05, 0) is 35.7 Å². The number of esters is 1. The molecule has 0 fully saturated rings. The van der Waals surface area contributed by atoms with E-state index in [1.54, 1.807) is 18.2 Å². The third kappa shape index (κ3) is 4.13. The molecule has 4 aromatic rings. The van der Waals surface area contributed by atoms with Gasteiger partial charge in [-0.3, -0.25) is 10.1 Å². The number of aromatic nitrogens is 1. The molecule has 7 nitrogen and oxygen atoms in total. The number of benzene rings is 3. The van der Waals surface area contributed by atoms with E-state index < -0.39 is 10.9 Å². The maximum absolute atomic E-state index is 12.7. The second-order valence-corrected chi connectivity index (χ2v) is 7.22. The van der Waals surface area contributed by atoms with E-state index in [4.69, 9.17) is 9.47 Å². The number of pyridine rings is 1. The van der Waals surface area contributed by atoms with Gasteiger partial charge in [-0.25, -0.2) is 9.78 Å². The summed E-state index contributed by atoms with van der Waals surface area (Å²) in [5.74, 6) is -0.265. The van der Waals surface area contributed by atoms with Crippen molar-refractivity contribution in [2.75, 3.05) is 7.11 Å². The molecule has 0 aliphatic carbocycles. The highest BCUT2D eigenvalue weighted by Crippen LogP contribution is 2.38. The Hall–Kier alpha value is -4.26. The molecule has 0 unspecified atom stereocenters. The van der Waals surface area contributed by atoms with Crippen LogP contribution in [0.1, 0.15) is 21.6 Å². The van der Waals surface area contributed by atoms with Gasteiger partial charge in [0.15, 0.2) is 5.75 Å². The average molecular weight is 428 g/mol. The van der Waals surface area contributed by atoms with Gasteiger partial charge in [0.25, 0.3) is 5.69 Å². The molecule has 0 aliphatic heterocycles. The van der Waals surface area contributed by atoms with Crippen molar-refractivity contribution in [2.24, 2.45) is 0 Å². The third-order valence-electron chi connectivity index (χ3n) is 5.07. The van der Waals surface area contributed by atoms with Crippen molar-refractivity contribution in [3.63, 3.8) is 0 Å². The van der Waals surface area contributed by atoms with E-state index in [0.29, 0.717) is 27.8 Å². The molecule has 32 heavy (non-hydrogen) atoms. The summed E-state index contributed by atoms with van der Waals surface area (Å²) in [5, 5.41) is 12.0. The zero-order valence-corrected chi connectivity index (χ0v) is 17.6. The highest BCUT2D eigenvalue weighted by Gasteiger charge is 2.22. The Morgan fingerprint density at radius 2 is 1.81 bits per heavy atom. The standard InChI is InChI=1S/C25H20N2O5/c1-16-11-12-20-21(18-9-6-10-19(13-18)27(29)30)14-22(25(28)31-2)24(23(20)26-16)32-15-17-7-4-3-5-8-17/h3-14H,15H2,1-2H3. The highest BCUT2D eigenvalue weighted by molar-refractivity contribution is 6.06. The number of nitrogens with zero attached hydrogens (tertiary/aromatic N) is 2. The van der Waals surface area contributed by atoms with Gasteiger partial charge in [0.2, 0.25) is 0 Å². The molecular weight excluding hydrogens is 408 g/mol. The van der Waals surface area contributed by atoms with Crippen LogP contribution in [0.3, 0.4) is 0 Å². The monoisotopic (exact) mass is 428 g/mol. The molecule has 0 saturated heterocycles. The van der Waals surface area contributed by atoms with E-state index in [1.165, 1.54) is 19.2 Å². The Morgan fingerprint density at radius 1 is 1.03 bits per heavy atom. The van der Waals surface area contributed by atoms with Gasteiger partial charge in [0.1, 0.15) is 17.7 Å². The lowest BCUT2D eigenvalue weighted by Gasteiger charge is -2.16. The van der Waals surface area contributed by atoms with Crippen LogP contribution in [0.25, 0.3) is 22.0 Å². The number of rotatable bonds is 6. The van der Waals surface area contributed by atoms with Crippen LogP contribution in [-0.2, 0) is 11.3 Å². The Kier molecular flexibility index (Phi) is 5.81. The highest BCUT2D eigenvalue weighted by atomic mass is 16.6. The van der Waals surface area contributed by atoms with Crippen molar-refractivity contribution in [3.05, 3.63) is 99.7 Å². The summed E-state index contributed by atoms with van der Waals surface area (Å²) in [6.07, 6.45) is 0. The first-order chi connectivity index (χ1) is 15.5. The Bertz CT molecular complexity index is 1320. The first-order valence-corrected chi connectivity index (χ1v) is 9.92. The van der Waals surface area contributed by atoms with Crippen LogP contribution in [0, 0.1) is 17.0 Å². The second-order valence-electron chi connectivity index (χ2n) is 7.22. The molecule has 7 heteroatoms. The van der Waals surface area contributed by atoms with E-state index in [9.17, 15) is 14.9 Å². The van der Waals surface area contributed by atoms with Crippen LogP contribution >= 0.6 is 0 Å². The number of nitro groups is 1. The molecule has 0 radical (unpaired) electrons. The molecule has 0 atom stereocenters. The van der Waals surface area contributed by atoms with Gasteiger partial charge in [-0.15, -0.1) is 0 Å². The summed E-state index contributed by atoms with van der Waals surface area (Å²) < 4.78 is 11.1. The van der Waals surface area contributed by atoms with Gasteiger partial charge in [-0.1, -0.05) is 48.5 Å². The Labute approximate surface area is 184 Å². The van der Waals surface area contributed by atoms with Gasteiger partial charge in [0.05, 0.1) is 12.0 Å². The van der Waals surface area contributed by atoms with Crippen LogP contribution in [-0.4, -0.2) is 23.0 Å². The molecule has 0 aliphatic rings. The van der Waals surface area contributed by atoms with Crippen molar-refractivity contribution in [1.82, 2.24) is 4.98 Å². The number of aryl methyl sites for hydroxylation is 1. The Morgan fingerprint density at radius 3 is 2.53 bits per heavy atom. The lowest BCUT2D eigenvalue weighted by Crippen LogP contribution is -2.08. The molecule has 4 rings (SSSR count). The zero-order valence-electron chi connectivity index (χ0n) is 17.6. The first-order valence-electron chi connectivity index (χ1n) is 9.92. The number of hydrogen-bond acceptors (Lipinski definition) is 6. The number of ether oxygens (including phenoxy) is 2. The fourth-order valence-corrected chi connectivity index (χ4v) is 3.53. The number of hydrogen-bond donors (Lipinski definition) is 0. The number of non-ortho nitro benzene ring substituents is 1. The van der Waals surface area contributed by atoms with Gasteiger partial charge in [0, 0.05) is 23.2 Å². The molecular formula is C25H20N2O5. The van der Waals surface area contributed by atoms with Crippen molar-refractivity contribution >= 4 is 22.6 Å². The molecule has 0 saturated carbocycles. The predicted octanol–water partition coefficient (Wildman–Crippen LogP) is 5.48. The molecule has 160 valence electrons. The first kappa shape index (κ1) is 21.0. The van der Waals surface area contributed by atoms with Crippen LogP contribution in [0.5, 0.6) is 5.75 Å². The summed E-state index contributed by atoms with van der Waals surface area (Å²) in [4.78, 5) is 28.2. The molecule has 1 aromatic heterocycles. The maximum Gasteiger partial charge on any atom is 0.341 e. The number of methoxy groups -OCH3 is 1. The maximum atomic E-state index is 12.7. The minimum absolute atomic E-state index is 0.0419. The summed E-state index contributed by atoms with van der Waals surface area (Å²) >= 11 is 0. The molecule has 0 spiro atoms. The molecule has 0 amide bonds. The summed E-state index contributed by atoms with van der Waals surface area (Å²) in [7, 11) is 1.30. The van der Waals surface area contributed by atoms with Gasteiger partial charge < -0.3 is 9.47 Å². The number of fused-ring (bicyclic) bond motifs is 1. The van der Waals surface area contributed by atoms with E-state index in [-0.39, 0.29) is 17.9 Å². The van der Waals surface area contributed by atoms with E-state index in [0.717, 1.165) is 11.3 Å². The lowest BCUT2D eigenvalue weighted by atomic mass is 9.96. The second kappa shape index (κ2) is 8.85. The van der Waals surface area contributed by atoms with Crippen molar-refractivity contribution in [1.29, 1.82) is 0 Å².